The summed E-state index contributed by atoms with van der Waals surface area (Å²) in [5, 5.41) is 6.77. The molecule has 0 bridgehead atoms. The third kappa shape index (κ3) is 3.93. The van der Waals surface area contributed by atoms with Crippen LogP contribution in [-0.4, -0.2) is 16.0 Å². The minimum Gasteiger partial charge on any atom is -0.344 e. The average Bonchev–Trinajstić information content (AvgIpc) is 3.35. The zero-order chi connectivity index (χ0) is 19.7. The number of amides is 1. The fraction of sp³-hybridized carbons (Fsp3) is 0.286. The highest BCUT2D eigenvalue weighted by Crippen LogP contribution is 2.48. The van der Waals surface area contributed by atoms with Gasteiger partial charge in [-0.2, -0.15) is 4.98 Å². The van der Waals surface area contributed by atoms with Gasteiger partial charge in [-0.15, -0.1) is 0 Å². The van der Waals surface area contributed by atoms with Gasteiger partial charge in [0.2, 0.25) is 11.8 Å². The third-order valence-electron chi connectivity index (χ3n) is 4.90. The largest absolute Gasteiger partial charge is 0.344 e. The number of hydrogen-bond donors (Lipinski definition) is 1. The first-order valence-electron chi connectivity index (χ1n) is 9.13. The number of hydrogen-bond acceptors (Lipinski definition) is 4. The molecule has 1 heterocycles. The maximum Gasteiger partial charge on any atom is 0.248 e. The smallest absolute Gasteiger partial charge is 0.248 e. The van der Waals surface area contributed by atoms with Gasteiger partial charge in [0, 0.05) is 12.3 Å². The summed E-state index contributed by atoms with van der Waals surface area (Å²) >= 11 is 0. The maximum absolute atomic E-state index is 13.9. The van der Waals surface area contributed by atoms with Gasteiger partial charge in [-0.25, -0.2) is 8.78 Å². The first-order chi connectivity index (χ1) is 13.5. The summed E-state index contributed by atoms with van der Waals surface area (Å²) in [5.74, 6) is -1.07. The molecule has 0 spiro atoms. The number of carbonyl (C=O) groups excluding carboxylic acids is 1. The molecule has 5 nitrogen and oxygen atoms in total. The third-order valence-corrected chi connectivity index (χ3v) is 4.90. The van der Waals surface area contributed by atoms with Gasteiger partial charge in [-0.3, -0.25) is 4.79 Å². The van der Waals surface area contributed by atoms with Crippen LogP contribution in [0.2, 0.25) is 0 Å². The number of nitrogens with one attached hydrogen (secondary N) is 1. The lowest BCUT2D eigenvalue weighted by Crippen LogP contribution is -2.28. The Kier molecular flexibility index (Phi) is 4.90. The van der Waals surface area contributed by atoms with Crippen LogP contribution in [0.15, 0.2) is 53.1 Å². The Morgan fingerprint density at radius 2 is 2.04 bits per heavy atom. The highest BCUT2D eigenvalue weighted by molar-refractivity contribution is 5.83. The van der Waals surface area contributed by atoms with E-state index in [1.165, 1.54) is 0 Å². The number of halogens is 2. The van der Waals surface area contributed by atoms with Crippen molar-refractivity contribution in [3.05, 3.63) is 83.0 Å². The Bertz CT molecular complexity index is 990. The van der Waals surface area contributed by atoms with Crippen LogP contribution in [0.1, 0.15) is 48.1 Å². The Labute approximate surface area is 160 Å². The van der Waals surface area contributed by atoms with Crippen molar-refractivity contribution in [3.63, 3.8) is 0 Å². The average molecular weight is 383 g/mol. The van der Waals surface area contributed by atoms with Crippen LogP contribution in [0.4, 0.5) is 8.78 Å². The second kappa shape index (κ2) is 7.50. The summed E-state index contributed by atoms with van der Waals surface area (Å²) in [6, 6.07) is 12.6. The maximum atomic E-state index is 13.9. The Balaban J connectivity index is 1.36. The predicted octanol–water partition coefficient (Wildman–Crippen LogP) is 3.92. The van der Waals surface area contributed by atoms with Gasteiger partial charge in [0.05, 0.1) is 0 Å². The number of rotatable bonds is 6. The van der Waals surface area contributed by atoms with Crippen molar-refractivity contribution in [1.29, 1.82) is 0 Å². The summed E-state index contributed by atoms with van der Waals surface area (Å²) in [7, 11) is 0. The van der Waals surface area contributed by atoms with E-state index in [0.717, 1.165) is 23.8 Å². The molecule has 0 saturated heterocycles. The van der Waals surface area contributed by atoms with E-state index in [0.29, 0.717) is 24.6 Å². The van der Waals surface area contributed by atoms with E-state index in [2.05, 4.69) is 15.5 Å². The summed E-state index contributed by atoms with van der Waals surface area (Å²) in [6.45, 7) is 1.75. The Hall–Kier alpha value is -3.09. The fourth-order valence-electron chi connectivity index (χ4n) is 3.30. The van der Waals surface area contributed by atoms with Gasteiger partial charge >= 0.3 is 0 Å². The molecule has 1 N–H and O–H groups in total. The molecular weight excluding hydrogens is 364 g/mol. The zero-order valence-corrected chi connectivity index (χ0v) is 15.2. The minimum atomic E-state index is -0.507. The van der Waals surface area contributed by atoms with E-state index in [9.17, 15) is 13.6 Å². The molecule has 4 rings (SSSR count). The Morgan fingerprint density at radius 1 is 1.25 bits per heavy atom. The molecule has 144 valence electrons. The molecule has 1 aromatic heterocycles. The molecule has 0 aliphatic heterocycles. The molecule has 1 amide bonds. The summed E-state index contributed by atoms with van der Waals surface area (Å²) in [5.41, 5.74) is 1.31. The molecule has 1 aliphatic rings. The van der Waals surface area contributed by atoms with Gasteiger partial charge in [-0.05, 0) is 48.6 Å². The first-order valence-corrected chi connectivity index (χ1v) is 9.13. The first kappa shape index (κ1) is 18.3. The van der Waals surface area contributed by atoms with Gasteiger partial charge in [0.25, 0.3) is 0 Å². The lowest BCUT2D eigenvalue weighted by Gasteiger charge is -2.09. The van der Waals surface area contributed by atoms with Crippen molar-refractivity contribution < 1.29 is 18.1 Å². The number of nitrogens with zero attached hydrogens (tertiary/aromatic N) is 2. The molecule has 28 heavy (non-hydrogen) atoms. The van der Waals surface area contributed by atoms with Crippen molar-refractivity contribution in [1.82, 2.24) is 15.5 Å². The molecular formula is C21H19F2N3O2. The molecule has 1 saturated carbocycles. The van der Waals surface area contributed by atoms with Crippen molar-refractivity contribution in [2.45, 2.75) is 31.7 Å². The van der Waals surface area contributed by atoms with Gasteiger partial charge in [-0.1, -0.05) is 35.5 Å². The normalized spacial score (nSPS) is 19.2. The zero-order valence-electron chi connectivity index (χ0n) is 15.2. The molecule has 7 heteroatoms. The van der Waals surface area contributed by atoms with Crippen molar-refractivity contribution >= 4 is 5.91 Å². The lowest BCUT2D eigenvalue weighted by molar-refractivity contribution is -0.123. The van der Waals surface area contributed by atoms with Crippen LogP contribution >= 0.6 is 0 Å². The summed E-state index contributed by atoms with van der Waals surface area (Å²) in [6.07, 6.45) is 1.02. The number of aromatic nitrogens is 2. The summed E-state index contributed by atoms with van der Waals surface area (Å²) < 4.78 is 32.5. The molecule has 0 radical (unpaired) electrons. The fourth-order valence-corrected chi connectivity index (χ4v) is 3.30. The lowest BCUT2D eigenvalue weighted by atomic mass is 10.1. The standard InChI is InChI=1S/C21H19F2N3O2/c1-12(21-25-19(26-28-21)9-13-5-3-2-4-6-13)24-20(27)17-11-15(17)16-10-14(22)7-8-18(16)23/h2-8,10,12,15,17H,9,11H2,1H3,(H,24,27)/t12-,15-,17-/m0/s1. The van der Waals surface area contributed by atoms with Gasteiger partial charge in [0.1, 0.15) is 17.7 Å². The minimum absolute atomic E-state index is 0.232. The molecule has 0 unspecified atom stereocenters. The topological polar surface area (TPSA) is 68.0 Å². The molecule has 1 aliphatic carbocycles. The Morgan fingerprint density at radius 3 is 2.82 bits per heavy atom. The van der Waals surface area contributed by atoms with Crippen molar-refractivity contribution in [3.8, 4) is 0 Å². The molecule has 3 aromatic rings. The highest BCUT2D eigenvalue weighted by atomic mass is 19.1. The van der Waals surface area contributed by atoms with Crippen LogP contribution in [0, 0.1) is 17.6 Å². The molecule has 1 fully saturated rings. The number of carbonyl (C=O) groups is 1. The molecule has 3 atom stereocenters. The number of benzene rings is 2. The van der Waals surface area contributed by atoms with E-state index in [-0.39, 0.29) is 23.3 Å². The van der Waals surface area contributed by atoms with E-state index >= 15 is 0 Å². The van der Waals surface area contributed by atoms with Gasteiger partial charge in [0.15, 0.2) is 5.82 Å². The molecule has 2 aromatic carbocycles. The SMILES string of the molecule is C[C@H](NC(=O)[C@H]1C[C@H]1c1cc(F)ccc1F)c1nc(Cc2ccccc2)no1. The monoisotopic (exact) mass is 383 g/mol. The van der Waals surface area contributed by atoms with E-state index < -0.39 is 17.7 Å². The predicted molar refractivity (Wildman–Crippen MR) is 97.3 cm³/mol. The van der Waals surface area contributed by atoms with Crippen molar-refractivity contribution in [2.75, 3.05) is 0 Å². The van der Waals surface area contributed by atoms with Crippen molar-refractivity contribution in [2.24, 2.45) is 5.92 Å². The van der Waals surface area contributed by atoms with Gasteiger partial charge < -0.3 is 9.84 Å². The van der Waals surface area contributed by atoms with Crippen LogP contribution in [0.5, 0.6) is 0 Å². The van der Waals surface area contributed by atoms with Crippen LogP contribution in [-0.2, 0) is 11.2 Å². The van der Waals surface area contributed by atoms with E-state index in [1.807, 2.05) is 30.3 Å². The highest BCUT2D eigenvalue weighted by Gasteiger charge is 2.45. The second-order valence-electron chi connectivity index (χ2n) is 7.06. The van der Waals surface area contributed by atoms with Crippen LogP contribution < -0.4 is 5.32 Å². The quantitative estimate of drug-likeness (QED) is 0.701. The van der Waals surface area contributed by atoms with E-state index in [4.69, 9.17) is 4.52 Å². The summed E-state index contributed by atoms with van der Waals surface area (Å²) in [4.78, 5) is 16.8. The second-order valence-corrected chi connectivity index (χ2v) is 7.06. The van der Waals surface area contributed by atoms with Crippen LogP contribution in [0.25, 0.3) is 0 Å². The van der Waals surface area contributed by atoms with E-state index in [1.54, 1.807) is 6.92 Å². The van der Waals surface area contributed by atoms with Crippen LogP contribution in [0.3, 0.4) is 0 Å².